The lowest BCUT2D eigenvalue weighted by molar-refractivity contribution is 0.443. The van der Waals surface area contributed by atoms with Crippen molar-refractivity contribution >= 4 is 17.3 Å². The minimum Gasteiger partial charge on any atom is -0.377 e. The molecule has 1 aromatic heterocycles. The zero-order chi connectivity index (χ0) is 11.8. The highest BCUT2D eigenvalue weighted by Gasteiger charge is 2.25. The van der Waals surface area contributed by atoms with Gasteiger partial charge in [-0.05, 0) is 38.0 Å². The molecule has 4 nitrogen and oxygen atoms in total. The molecule has 1 heterocycles. The van der Waals surface area contributed by atoms with Crippen LogP contribution in [0.15, 0.2) is 11.0 Å². The quantitative estimate of drug-likeness (QED) is 0.896. The number of hydrogen-bond acceptors (Lipinski definition) is 3. The summed E-state index contributed by atoms with van der Waals surface area (Å²) in [7, 11) is 0. The standard InChI is InChI=1S/C12H16ClN3O/c13-10-6-14-16(7-8-4-5-8)12(17)11(10)15-9-2-1-3-9/h6,8-9,15H,1-5,7H2. The first kappa shape index (κ1) is 11.1. The first-order chi connectivity index (χ1) is 8.24. The van der Waals surface area contributed by atoms with Crippen molar-refractivity contribution in [3.05, 3.63) is 21.6 Å². The van der Waals surface area contributed by atoms with Crippen LogP contribution in [0, 0.1) is 5.92 Å². The fourth-order valence-corrected chi connectivity index (χ4v) is 2.21. The van der Waals surface area contributed by atoms with Gasteiger partial charge in [-0.1, -0.05) is 11.6 Å². The minimum atomic E-state index is -0.0729. The van der Waals surface area contributed by atoms with Crippen molar-refractivity contribution in [3.63, 3.8) is 0 Å². The molecule has 5 heteroatoms. The van der Waals surface area contributed by atoms with Crippen LogP contribution in [-0.2, 0) is 6.54 Å². The van der Waals surface area contributed by atoms with Gasteiger partial charge in [0.25, 0.3) is 5.56 Å². The lowest BCUT2D eigenvalue weighted by Crippen LogP contribution is -2.33. The van der Waals surface area contributed by atoms with Gasteiger partial charge in [0.15, 0.2) is 0 Å². The number of nitrogens with zero attached hydrogens (tertiary/aromatic N) is 2. The highest BCUT2D eigenvalue weighted by molar-refractivity contribution is 6.33. The molecule has 17 heavy (non-hydrogen) atoms. The van der Waals surface area contributed by atoms with Crippen LogP contribution in [0.4, 0.5) is 5.69 Å². The van der Waals surface area contributed by atoms with Crippen molar-refractivity contribution < 1.29 is 0 Å². The highest BCUT2D eigenvalue weighted by atomic mass is 35.5. The molecule has 2 aliphatic carbocycles. The third-order valence-electron chi connectivity index (χ3n) is 3.58. The molecular weight excluding hydrogens is 238 g/mol. The van der Waals surface area contributed by atoms with Crippen LogP contribution in [0.3, 0.4) is 0 Å². The van der Waals surface area contributed by atoms with Gasteiger partial charge in [0, 0.05) is 12.6 Å². The first-order valence-electron chi connectivity index (χ1n) is 6.26. The van der Waals surface area contributed by atoms with Crippen LogP contribution >= 0.6 is 11.6 Å². The van der Waals surface area contributed by atoms with E-state index in [9.17, 15) is 4.79 Å². The second kappa shape index (κ2) is 4.33. The number of aromatic nitrogens is 2. The lowest BCUT2D eigenvalue weighted by Gasteiger charge is -2.27. The summed E-state index contributed by atoms with van der Waals surface area (Å²) < 4.78 is 1.55. The molecule has 0 atom stereocenters. The van der Waals surface area contributed by atoms with Gasteiger partial charge < -0.3 is 5.32 Å². The van der Waals surface area contributed by atoms with Gasteiger partial charge in [-0.2, -0.15) is 5.10 Å². The Morgan fingerprint density at radius 1 is 1.41 bits per heavy atom. The van der Waals surface area contributed by atoms with E-state index in [0.29, 0.717) is 22.7 Å². The summed E-state index contributed by atoms with van der Waals surface area (Å²) in [6.45, 7) is 0.731. The molecule has 2 saturated carbocycles. The molecule has 0 spiro atoms. The monoisotopic (exact) mass is 253 g/mol. The van der Waals surface area contributed by atoms with Crippen molar-refractivity contribution in [1.82, 2.24) is 9.78 Å². The Labute approximate surface area is 105 Å². The van der Waals surface area contributed by atoms with E-state index < -0.39 is 0 Å². The third-order valence-corrected chi connectivity index (χ3v) is 3.87. The Bertz CT molecular complexity index is 477. The van der Waals surface area contributed by atoms with Crippen molar-refractivity contribution in [2.24, 2.45) is 5.92 Å². The van der Waals surface area contributed by atoms with E-state index >= 15 is 0 Å². The van der Waals surface area contributed by atoms with Gasteiger partial charge in [0.1, 0.15) is 5.69 Å². The van der Waals surface area contributed by atoms with E-state index in [1.807, 2.05) is 0 Å². The molecule has 0 amide bonds. The predicted octanol–water partition coefficient (Wildman–Crippen LogP) is 2.27. The Kier molecular flexibility index (Phi) is 2.82. The van der Waals surface area contributed by atoms with Crippen LogP contribution in [0.2, 0.25) is 5.02 Å². The summed E-state index contributed by atoms with van der Waals surface area (Å²) in [5.41, 5.74) is 0.461. The number of nitrogens with one attached hydrogen (secondary N) is 1. The summed E-state index contributed by atoms with van der Waals surface area (Å²) in [5, 5.41) is 7.78. The van der Waals surface area contributed by atoms with Crippen molar-refractivity contribution in [1.29, 1.82) is 0 Å². The maximum Gasteiger partial charge on any atom is 0.291 e. The molecule has 0 radical (unpaired) electrons. The zero-order valence-electron chi connectivity index (χ0n) is 9.66. The molecule has 2 fully saturated rings. The molecule has 3 rings (SSSR count). The normalized spacial score (nSPS) is 20.1. The van der Waals surface area contributed by atoms with Crippen LogP contribution < -0.4 is 10.9 Å². The fraction of sp³-hybridized carbons (Fsp3) is 0.667. The average Bonchev–Trinajstić information content (AvgIpc) is 3.03. The second-order valence-electron chi connectivity index (χ2n) is 5.07. The third kappa shape index (κ3) is 2.32. The van der Waals surface area contributed by atoms with Crippen LogP contribution in [0.25, 0.3) is 0 Å². The maximum absolute atomic E-state index is 12.2. The molecule has 1 aromatic rings. The van der Waals surface area contributed by atoms with Gasteiger partial charge in [0.2, 0.25) is 0 Å². The van der Waals surface area contributed by atoms with Crippen LogP contribution in [0.1, 0.15) is 32.1 Å². The fourth-order valence-electron chi connectivity index (χ4n) is 2.03. The van der Waals surface area contributed by atoms with Crippen LogP contribution in [0.5, 0.6) is 0 Å². The Morgan fingerprint density at radius 3 is 2.76 bits per heavy atom. The Balaban J connectivity index is 1.85. The molecule has 0 aromatic carbocycles. The molecule has 0 saturated heterocycles. The summed E-state index contributed by atoms with van der Waals surface area (Å²) in [4.78, 5) is 12.2. The summed E-state index contributed by atoms with van der Waals surface area (Å²) in [6.07, 6.45) is 7.48. The smallest absolute Gasteiger partial charge is 0.291 e. The summed E-state index contributed by atoms with van der Waals surface area (Å²) >= 11 is 6.04. The number of halogens is 1. The van der Waals surface area contributed by atoms with E-state index in [0.717, 1.165) is 19.4 Å². The van der Waals surface area contributed by atoms with Gasteiger partial charge in [-0.25, -0.2) is 4.68 Å². The lowest BCUT2D eigenvalue weighted by atomic mass is 9.93. The molecule has 1 N–H and O–H groups in total. The maximum atomic E-state index is 12.2. The van der Waals surface area contributed by atoms with Crippen molar-refractivity contribution in [2.45, 2.75) is 44.7 Å². The molecule has 0 bridgehead atoms. The molecule has 0 unspecified atom stereocenters. The summed E-state index contributed by atoms with van der Waals surface area (Å²) in [5.74, 6) is 0.637. The predicted molar refractivity (Wildman–Crippen MR) is 67.5 cm³/mol. The average molecular weight is 254 g/mol. The van der Waals surface area contributed by atoms with Gasteiger partial charge in [-0.15, -0.1) is 0 Å². The first-order valence-corrected chi connectivity index (χ1v) is 6.64. The number of hydrogen-bond donors (Lipinski definition) is 1. The van der Waals surface area contributed by atoms with Gasteiger partial charge in [0.05, 0.1) is 11.2 Å². The second-order valence-corrected chi connectivity index (χ2v) is 5.48. The van der Waals surface area contributed by atoms with Crippen molar-refractivity contribution in [2.75, 3.05) is 5.32 Å². The number of anilines is 1. The van der Waals surface area contributed by atoms with E-state index in [4.69, 9.17) is 11.6 Å². The Hall–Kier alpha value is -1.03. The van der Waals surface area contributed by atoms with E-state index in [2.05, 4.69) is 10.4 Å². The molecule has 0 aliphatic heterocycles. The van der Waals surface area contributed by atoms with Crippen LogP contribution in [-0.4, -0.2) is 15.8 Å². The summed E-state index contributed by atoms with van der Waals surface area (Å²) in [6, 6.07) is 0.414. The molecular formula is C12H16ClN3O. The van der Waals surface area contributed by atoms with Gasteiger partial charge in [-0.3, -0.25) is 4.79 Å². The van der Waals surface area contributed by atoms with E-state index in [1.165, 1.54) is 19.3 Å². The highest BCUT2D eigenvalue weighted by Crippen LogP contribution is 2.30. The van der Waals surface area contributed by atoms with E-state index in [-0.39, 0.29) is 5.56 Å². The minimum absolute atomic E-state index is 0.0729. The Morgan fingerprint density at radius 2 is 2.18 bits per heavy atom. The molecule has 92 valence electrons. The topological polar surface area (TPSA) is 46.9 Å². The largest absolute Gasteiger partial charge is 0.377 e. The SMILES string of the molecule is O=c1c(NC2CCC2)c(Cl)cnn1CC1CC1. The zero-order valence-corrected chi connectivity index (χ0v) is 10.4. The van der Waals surface area contributed by atoms with Crippen molar-refractivity contribution in [3.8, 4) is 0 Å². The van der Waals surface area contributed by atoms with E-state index in [1.54, 1.807) is 10.9 Å². The number of rotatable bonds is 4. The van der Waals surface area contributed by atoms with Gasteiger partial charge >= 0.3 is 0 Å². The molecule has 2 aliphatic rings.